The van der Waals surface area contributed by atoms with Crippen molar-refractivity contribution in [2.24, 2.45) is 28.0 Å². The molecule has 0 spiro atoms. The molecule has 1 N–H and O–H groups in total. The van der Waals surface area contributed by atoms with Gasteiger partial charge in [0, 0.05) is 25.7 Å². The fraction of sp³-hybridized carbons (Fsp3) is 0.333. The lowest BCUT2D eigenvalue weighted by molar-refractivity contribution is -0.138. The second kappa shape index (κ2) is 12.5. The average molecular weight is 781 g/mol. The van der Waals surface area contributed by atoms with Gasteiger partial charge in [-0.1, -0.05) is 33.6 Å². The number of benzene rings is 3. The Morgan fingerprint density at radius 2 is 1.56 bits per heavy atom. The summed E-state index contributed by atoms with van der Waals surface area (Å²) in [6.45, 7) is 0. The lowest BCUT2D eigenvalue weighted by Crippen LogP contribution is -2.60. The number of aromatic hydroxyl groups is 1. The van der Waals surface area contributed by atoms with Crippen LogP contribution in [0.3, 0.4) is 0 Å². The minimum absolute atomic E-state index is 0.132. The number of likely N-dealkylation sites (tertiary alicyclic amines) is 1. The number of halogens is 3. The van der Waals surface area contributed by atoms with Gasteiger partial charge in [-0.05, 0) is 85.0 Å². The molecule has 1 saturated carbocycles. The number of carbonyl (C=O) groups is 4. The number of amides is 4. The number of nitrogens with zero attached hydrogens (tertiary/aromatic N) is 5. The van der Waals surface area contributed by atoms with Crippen LogP contribution in [0.2, 0.25) is 0 Å². The molecule has 3 aromatic carbocycles. The molecule has 258 valence electrons. The van der Waals surface area contributed by atoms with Gasteiger partial charge in [-0.15, -0.1) is 23.2 Å². The third kappa shape index (κ3) is 4.97. The maximum Gasteiger partial charge on any atom is 0.254 e. The van der Waals surface area contributed by atoms with Crippen molar-refractivity contribution in [2.75, 3.05) is 36.5 Å². The molecule has 11 nitrogen and oxygen atoms in total. The van der Waals surface area contributed by atoms with Gasteiger partial charge in [0.15, 0.2) is 21.2 Å². The quantitative estimate of drug-likeness (QED) is 0.0918. The van der Waals surface area contributed by atoms with Gasteiger partial charge in [0.1, 0.15) is 0 Å². The normalized spacial score (nSPS) is 28.9. The summed E-state index contributed by atoms with van der Waals surface area (Å²) in [6, 6.07) is 18.9. The molecular weight excluding hydrogens is 749 g/mol. The van der Waals surface area contributed by atoms with Crippen molar-refractivity contribution in [3.63, 3.8) is 0 Å². The van der Waals surface area contributed by atoms with Gasteiger partial charge in [0.25, 0.3) is 11.8 Å². The Hall–Kier alpha value is -4.26. The Bertz CT molecular complexity index is 1990. The number of azo groups is 1. The lowest BCUT2D eigenvalue weighted by atomic mass is 9.56. The number of hydrogen-bond donors (Lipinski definition) is 1. The predicted octanol–water partition coefficient (Wildman–Crippen LogP) is 6.80. The van der Waals surface area contributed by atoms with Crippen LogP contribution >= 0.6 is 39.1 Å². The maximum atomic E-state index is 14.3. The summed E-state index contributed by atoms with van der Waals surface area (Å²) in [6.07, 6.45) is 1.91. The Balaban J connectivity index is 1.22. The molecule has 6 unspecified atom stereocenters. The topological polar surface area (TPSA) is 132 Å². The maximum absolute atomic E-state index is 14.3. The number of allylic oxidation sites excluding steroid dienone is 2. The number of methoxy groups -OCH3 is 1. The van der Waals surface area contributed by atoms with Gasteiger partial charge in [-0.3, -0.25) is 29.0 Å². The van der Waals surface area contributed by atoms with Crippen LogP contribution in [0.4, 0.5) is 22.7 Å². The average Bonchev–Trinajstić information content (AvgIpc) is 3.44. The van der Waals surface area contributed by atoms with E-state index in [9.17, 15) is 24.3 Å². The van der Waals surface area contributed by atoms with Gasteiger partial charge in [-0.25, -0.2) is 0 Å². The van der Waals surface area contributed by atoms with E-state index in [0.717, 1.165) is 10.6 Å². The van der Waals surface area contributed by atoms with Crippen molar-refractivity contribution < 1.29 is 29.0 Å². The van der Waals surface area contributed by atoms with Crippen LogP contribution < -0.4 is 14.5 Å². The van der Waals surface area contributed by atoms with Crippen LogP contribution in [0.15, 0.2) is 88.6 Å². The Morgan fingerprint density at radius 1 is 0.920 bits per heavy atom. The molecule has 0 aromatic heterocycles. The van der Waals surface area contributed by atoms with Crippen molar-refractivity contribution in [1.29, 1.82) is 0 Å². The summed E-state index contributed by atoms with van der Waals surface area (Å²) >= 11 is 17.8. The minimum atomic E-state index is -1.97. The van der Waals surface area contributed by atoms with E-state index in [1.807, 2.05) is 49.3 Å². The van der Waals surface area contributed by atoms with Crippen LogP contribution in [0.25, 0.3) is 0 Å². The Kier molecular flexibility index (Phi) is 8.55. The summed E-state index contributed by atoms with van der Waals surface area (Å²) in [5.41, 5.74) is 3.53. The second-order valence-electron chi connectivity index (χ2n) is 13.1. The number of rotatable bonds is 7. The summed E-state index contributed by atoms with van der Waals surface area (Å²) < 4.78 is 5.23. The predicted molar refractivity (Wildman–Crippen MR) is 192 cm³/mol. The minimum Gasteiger partial charge on any atom is -0.504 e. The molecule has 2 aliphatic carbocycles. The number of alkyl halides is 3. The number of phenols is 1. The standard InChI is InChI=1S/C36H32BrCl2N5O6/c1-42(2)22-9-5-20(6-10-22)40-41-21-7-11-23(12-8-21)44-31(46)25-14-13-24-26(29(25)32(44)47)17-35(38)33(48)43(18-37)34(49)36(35,39)30(24)19-4-15-28(50-3)27(45)16-19/h4-13,15-16,25-26,29-30,45H,14,17-18H2,1-3H3. The smallest absolute Gasteiger partial charge is 0.254 e. The Morgan fingerprint density at radius 3 is 2.14 bits per heavy atom. The zero-order valence-electron chi connectivity index (χ0n) is 27.2. The number of anilines is 2. The number of ether oxygens (including phenoxy) is 1. The number of fused-ring (bicyclic) bond motifs is 4. The fourth-order valence-electron chi connectivity index (χ4n) is 7.87. The SMILES string of the molecule is COc1ccc(C2C3=CCC4C(=O)N(c5ccc(N=Nc6ccc(N(C)C)cc6)cc5)C(=O)C4C3CC3(Cl)C(=O)N(CBr)C(=O)C23Cl)cc1O. The van der Waals surface area contributed by atoms with E-state index >= 15 is 0 Å². The molecule has 7 rings (SSSR count). The second-order valence-corrected chi connectivity index (χ2v) is 14.8. The van der Waals surface area contributed by atoms with E-state index in [-0.39, 0.29) is 35.7 Å². The molecule has 4 amide bonds. The monoisotopic (exact) mass is 779 g/mol. The van der Waals surface area contributed by atoms with E-state index in [1.165, 1.54) is 24.1 Å². The van der Waals surface area contributed by atoms with Crippen LogP contribution in [0.1, 0.15) is 24.3 Å². The number of imide groups is 2. The molecule has 50 heavy (non-hydrogen) atoms. The molecule has 0 radical (unpaired) electrons. The first-order chi connectivity index (χ1) is 23.8. The molecular formula is C36H32BrCl2N5O6. The highest BCUT2D eigenvalue weighted by Crippen LogP contribution is 2.65. The first kappa shape index (κ1) is 34.2. The summed E-state index contributed by atoms with van der Waals surface area (Å²) in [5.74, 6) is -5.44. The van der Waals surface area contributed by atoms with Crippen LogP contribution in [0.5, 0.6) is 11.5 Å². The molecule has 6 atom stereocenters. The molecule has 3 aromatic rings. The highest BCUT2D eigenvalue weighted by atomic mass is 79.9. The van der Waals surface area contributed by atoms with E-state index in [2.05, 4.69) is 26.2 Å². The summed E-state index contributed by atoms with van der Waals surface area (Å²) in [7, 11) is 5.32. The molecule has 4 aliphatic rings. The van der Waals surface area contributed by atoms with Crippen molar-refractivity contribution in [3.8, 4) is 11.5 Å². The third-order valence-electron chi connectivity index (χ3n) is 10.3. The van der Waals surface area contributed by atoms with Crippen molar-refractivity contribution in [3.05, 3.63) is 83.9 Å². The fourth-order valence-corrected chi connectivity index (χ4v) is 9.29. The van der Waals surface area contributed by atoms with Crippen LogP contribution in [-0.2, 0) is 19.2 Å². The molecule has 2 saturated heterocycles. The van der Waals surface area contributed by atoms with Gasteiger partial charge < -0.3 is 14.7 Å². The van der Waals surface area contributed by atoms with Gasteiger partial charge in [0.05, 0.1) is 41.5 Å². The Labute approximate surface area is 306 Å². The largest absolute Gasteiger partial charge is 0.504 e. The zero-order valence-corrected chi connectivity index (χ0v) is 30.3. The van der Waals surface area contributed by atoms with Gasteiger partial charge in [0.2, 0.25) is 11.8 Å². The van der Waals surface area contributed by atoms with Crippen molar-refractivity contribution in [1.82, 2.24) is 4.90 Å². The zero-order chi connectivity index (χ0) is 35.7. The van der Waals surface area contributed by atoms with Crippen LogP contribution in [0, 0.1) is 17.8 Å². The molecule has 0 bridgehead atoms. The van der Waals surface area contributed by atoms with Gasteiger partial charge >= 0.3 is 0 Å². The van der Waals surface area contributed by atoms with E-state index in [0.29, 0.717) is 28.2 Å². The van der Waals surface area contributed by atoms with Crippen molar-refractivity contribution in [2.45, 2.75) is 28.5 Å². The van der Waals surface area contributed by atoms with E-state index < -0.39 is 51.1 Å². The third-order valence-corrected chi connectivity index (χ3v) is 12.2. The van der Waals surface area contributed by atoms with Crippen LogP contribution in [-0.4, -0.2) is 70.0 Å². The molecule has 14 heteroatoms. The van der Waals surface area contributed by atoms with Crippen molar-refractivity contribution >= 4 is 85.5 Å². The number of phenolic OH excluding ortho intramolecular Hbond substituents is 1. The summed E-state index contributed by atoms with van der Waals surface area (Å²) in [5, 5.41) is 19.3. The first-order valence-corrected chi connectivity index (χ1v) is 17.8. The highest BCUT2D eigenvalue weighted by Gasteiger charge is 2.76. The molecule has 2 heterocycles. The van der Waals surface area contributed by atoms with Gasteiger partial charge in [-0.2, -0.15) is 10.2 Å². The molecule has 3 fully saturated rings. The molecule has 2 aliphatic heterocycles. The summed E-state index contributed by atoms with van der Waals surface area (Å²) in [4.78, 5) is 56.3. The van der Waals surface area contributed by atoms with E-state index in [4.69, 9.17) is 27.9 Å². The highest BCUT2D eigenvalue weighted by molar-refractivity contribution is 9.09. The number of hydrogen-bond acceptors (Lipinski definition) is 9. The van der Waals surface area contributed by atoms with E-state index in [1.54, 1.807) is 30.3 Å². The first-order valence-electron chi connectivity index (χ1n) is 15.9. The lowest BCUT2D eigenvalue weighted by Gasteiger charge is -2.50. The number of carbonyl (C=O) groups excluding carboxylic acids is 4.